The average Bonchev–Trinajstić information content (AvgIpc) is 3.23. The highest BCUT2D eigenvalue weighted by Crippen LogP contribution is 2.36. The highest BCUT2D eigenvalue weighted by atomic mass is 16.7. The molecule has 2 aromatic carbocycles. The van der Waals surface area contributed by atoms with Crippen LogP contribution in [-0.2, 0) is 0 Å². The summed E-state index contributed by atoms with van der Waals surface area (Å²) in [6.45, 7) is 0.198. The number of hydrogen-bond acceptors (Lipinski definition) is 6. The second-order valence-corrected chi connectivity index (χ2v) is 4.86. The summed E-state index contributed by atoms with van der Waals surface area (Å²) in [6, 6.07) is 11.6. The molecule has 1 aliphatic heterocycles. The second-order valence-electron chi connectivity index (χ2n) is 4.86. The summed E-state index contributed by atoms with van der Waals surface area (Å²) in [6.07, 6.45) is 0. The lowest BCUT2D eigenvalue weighted by Crippen LogP contribution is -1.94. The smallest absolute Gasteiger partial charge is 0.335 e. The van der Waals surface area contributed by atoms with Gasteiger partial charge in [-0.1, -0.05) is 0 Å². The standard InChI is InChI=1S/C16H10N2O5/c19-16(20)10-3-1-9(2-4-10)14-17-18-15(23-14)11-5-6-12-13(7-11)22-8-21-12/h1-7H,8H2,(H,19,20). The van der Waals surface area contributed by atoms with Crippen molar-refractivity contribution in [2.75, 3.05) is 6.79 Å². The number of carboxylic acids is 1. The van der Waals surface area contributed by atoms with Crippen LogP contribution in [0.15, 0.2) is 46.9 Å². The summed E-state index contributed by atoms with van der Waals surface area (Å²) >= 11 is 0. The van der Waals surface area contributed by atoms with Gasteiger partial charge >= 0.3 is 5.97 Å². The van der Waals surface area contributed by atoms with E-state index in [0.717, 1.165) is 5.56 Å². The minimum absolute atomic E-state index is 0.198. The SMILES string of the molecule is O=C(O)c1ccc(-c2nnc(-c3ccc4c(c3)OCO4)o2)cc1. The number of ether oxygens (including phenoxy) is 2. The summed E-state index contributed by atoms with van der Waals surface area (Å²) in [5, 5.41) is 16.9. The van der Waals surface area contributed by atoms with Crippen molar-refractivity contribution in [2.24, 2.45) is 0 Å². The molecule has 0 unspecified atom stereocenters. The lowest BCUT2D eigenvalue weighted by Gasteiger charge is -1.98. The van der Waals surface area contributed by atoms with Crippen LogP contribution in [0.2, 0.25) is 0 Å². The highest BCUT2D eigenvalue weighted by Gasteiger charge is 2.17. The van der Waals surface area contributed by atoms with Gasteiger partial charge in [0.25, 0.3) is 0 Å². The summed E-state index contributed by atoms with van der Waals surface area (Å²) < 4.78 is 16.2. The topological polar surface area (TPSA) is 94.7 Å². The maximum Gasteiger partial charge on any atom is 0.335 e. The van der Waals surface area contributed by atoms with Crippen LogP contribution in [-0.4, -0.2) is 28.1 Å². The van der Waals surface area contributed by atoms with Crippen LogP contribution in [0.25, 0.3) is 22.9 Å². The van der Waals surface area contributed by atoms with Crippen LogP contribution in [0.4, 0.5) is 0 Å². The van der Waals surface area contributed by atoms with E-state index in [1.807, 2.05) is 0 Å². The molecular weight excluding hydrogens is 300 g/mol. The van der Waals surface area contributed by atoms with Crippen LogP contribution in [0, 0.1) is 0 Å². The molecular formula is C16H10N2O5. The molecule has 0 atom stereocenters. The second kappa shape index (κ2) is 5.13. The van der Waals surface area contributed by atoms with Gasteiger partial charge in [-0.05, 0) is 42.5 Å². The zero-order chi connectivity index (χ0) is 15.8. The van der Waals surface area contributed by atoms with E-state index in [0.29, 0.717) is 28.8 Å². The number of carbonyl (C=O) groups is 1. The molecule has 23 heavy (non-hydrogen) atoms. The summed E-state index contributed by atoms with van der Waals surface area (Å²) in [7, 11) is 0. The molecule has 1 aliphatic rings. The molecule has 0 fully saturated rings. The first-order valence-electron chi connectivity index (χ1n) is 6.78. The number of carboxylic acid groups (broad SMARTS) is 1. The molecule has 114 valence electrons. The van der Waals surface area contributed by atoms with Crippen LogP contribution in [0.5, 0.6) is 11.5 Å². The van der Waals surface area contributed by atoms with E-state index >= 15 is 0 Å². The number of hydrogen-bond donors (Lipinski definition) is 1. The third kappa shape index (κ3) is 2.38. The number of rotatable bonds is 3. The largest absolute Gasteiger partial charge is 0.478 e. The summed E-state index contributed by atoms with van der Waals surface area (Å²) in [4.78, 5) is 10.9. The van der Waals surface area contributed by atoms with E-state index in [-0.39, 0.29) is 12.4 Å². The van der Waals surface area contributed by atoms with E-state index in [1.54, 1.807) is 30.3 Å². The molecule has 0 bridgehead atoms. The minimum Gasteiger partial charge on any atom is -0.478 e. The van der Waals surface area contributed by atoms with E-state index in [4.69, 9.17) is 19.0 Å². The van der Waals surface area contributed by atoms with Crippen molar-refractivity contribution < 1.29 is 23.8 Å². The normalized spacial score (nSPS) is 12.3. The molecule has 0 saturated carbocycles. The van der Waals surface area contributed by atoms with Crippen molar-refractivity contribution in [2.45, 2.75) is 0 Å². The lowest BCUT2D eigenvalue weighted by molar-refractivity contribution is 0.0697. The fourth-order valence-electron chi connectivity index (χ4n) is 2.24. The quantitative estimate of drug-likeness (QED) is 0.794. The van der Waals surface area contributed by atoms with E-state index in [2.05, 4.69) is 10.2 Å². The first-order valence-corrected chi connectivity index (χ1v) is 6.78. The molecule has 7 nitrogen and oxygen atoms in total. The summed E-state index contributed by atoms with van der Waals surface area (Å²) in [5.74, 6) is 0.990. The zero-order valence-corrected chi connectivity index (χ0v) is 11.7. The number of aromatic nitrogens is 2. The molecule has 0 amide bonds. The number of benzene rings is 2. The molecule has 0 radical (unpaired) electrons. The number of nitrogens with zero attached hydrogens (tertiary/aromatic N) is 2. The Morgan fingerprint density at radius 1 is 0.913 bits per heavy atom. The van der Waals surface area contributed by atoms with Gasteiger partial charge in [-0.15, -0.1) is 10.2 Å². The Balaban J connectivity index is 1.65. The number of fused-ring (bicyclic) bond motifs is 1. The van der Waals surface area contributed by atoms with Crippen LogP contribution in [0.3, 0.4) is 0 Å². The van der Waals surface area contributed by atoms with Crippen LogP contribution in [0.1, 0.15) is 10.4 Å². The third-order valence-corrected chi connectivity index (χ3v) is 3.42. The van der Waals surface area contributed by atoms with Gasteiger partial charge in [0, 0.05) is 11.1 Å². The van der Waals surface area contributed by atoms with Crippen molar-refractivity contribution in [3.63, 3.8) is 0 Å². The Kier molecular flexibility index (Phi) is 2.97. The molecule has 4 rings (SSSR count). The van der Waals surface area contributed by atoms with Crippen molar-refractivity contribution in [1.29, 1.82) is 0 Å². The maximum atomic E-state index is 10.9. The Morgan fingerprint density at radius 2 is 1.57 bits per heavy atom. The Bertz CT molecular complexity index is 886. The monoisotopic (exact) mass is 310 g/mol. The first-order chi connectivity index (χ1) is 11.2. The molecule has 1 N–H and O–H groups in total. The number of aromatic carboxylic acids is 1. The van der Waals surface area contributed by atoms with Crippen molar-refractivity contribution in [1.82, 2.24) is 10.2 Å². The molecule has 0 saturated heterocycles. The fourth-order valence-corrected chi connectivity index (χ4v) is 2.24. The molecule has 0 aliphatic carbocycles. The third-order valence-electron chi connectivity index (χ3n) is 3.42. The van der Waals surface area contributed by atoms with Gasteiger partial charge < -0.3 is 19.0 Å². The first kappa shape index (κ1) is 13.3. The van der Waals surface area contributed by atoms with Crippen LogP contribution < -0.4 is 9.47 Å². The molecule has 0 spiro atoms. The molecule has 7 heteroatoms. The predicted molar refractivity (Wildman–Crippen MR) is 78.3 cm³/mol. The maximum absolute atomic E-state index is 10.9. The van der Waals surface area contributed by atoms with E-state index in [9.17, 15) is 4.79 Å². The minimum atomic E-state index is -0.983. The van der Waals surface area contributed by atoms with Gasteiger partial charge in [0.05, 0.1) is 5.56 Å². The highest BCUT2D eigenvalue weighted by molar-refractivity contribution is 5.88. The van der Waals surface area contributed by atoms with E-state index < -0.39 is 5.97 Å². The van der Waals surface area contributed by atoms with Crippen LogP contribution >= 0.6 is 0 Å². The molecule has 2 heterocycles. The fraction of sp³-hybridized carbons (Fsp3) is 0.0625. The summed E-state index contributed by atoms with van der Waals surface area (Å²) in [5.41, 5.74) is 1.56. The van der Waals surface area contributed by atoms with Gasteiger partial charge in [0.2, 0.25) is 18.6 Å². The van der Waals surface area contributed by atoms with Gasteiger partial charge in [0.15, 0.2) is 11.5 Å². The zero-order valence-electron chi connectivity index (χ0n) is 11.7. The van der Waals surface area contributed by atoms with Crippen molar-refractivity contribution in [3.8, 4) is 34.4 Å². The van der Waals surface area contributed by atoms with Crippen molar-refractivity contribution in [3.05, 3.63) is 48.0 Å². The lowest BCUT2D eigenvalue weighted by atomic mass is 10.1. The van der Waals surface area contributed by atoms with E-state index in [1.165, 1.54) is 12.1 Å². The Morgan fingerprint density at radius 3 is 2.30 bits per heavy atom. The predicted octanol–water partition coefficient (Wildman–Crippen LogP) is 2.83. The van der Waals surface area contributed by atoms with Gasteiger partial charge in [-0.25, -0.2) is 4.79 Å². The van der Waals surface area contributed by atoms with Gasteiger partial charge in [-0.3, -0.25) is 0 Å². The van der Waals surface area contributed by atoms with Gasteiger partial charge in [0.1, 0.15) is 0 Å². The Labute approximate surface area is 130 Å². The molecule has 3 aromatic rings. The van der Waals surface area contributed by atoms with Crippen molar-refractivity contribution >= 4 is 5.97 Å². The molecule has 1 aromatic heterocycles. The van der Waals surface area contributed by atoms with Gasteiger partial charge in [-0.2, -0.15) is 0 Å². The Hall–Kier alpha value is -3.35. The average molecular weight is 310 g/mol.